The Hall–Kier alpha value is -2.25. The van der Waals surface area contributed by atoms with Gasteiger partial charge in [-0.05, 0) is 19.4 Å². The molecule has 6 nitrogen and oxygen atoms in total. The van der Waals surface area contributed by atoms with E-state index in [1.165, 1.54) is 11.3 Å². The number of fused-ring (bicyclic) bond motifs is 1. The Morgan fingerprint density at radius 1 is 1.45 bits per heavy atom. The zero-order chi connectivity index (χ0) is 15.5. The van der Waals surface area contributed by atoms with Gasteiger partial charge in [0.15, 0.2) is 5.78 Å². The first-order valence-electron chi connectivity index (χ1n) is 6.99. The summed E-state index contributed by atoms with van der Waals surface area (Å²) in [6, 6.07) is 7.43. The number of aliphatic hydroxyl groups excluding tert-OH is 1. The van der Waals surface area contributed by atoms with E-state index in [9.17, 15) is 4.79 Å². The van der Waals surface area contributed by atoms with Crippen LogP contribution in [0.1, 0.15) is 23.7 Å². The van der Waals surface area contributed by atoms with Crippen molar-refractivity contribution in [3.63, 3.8) is 0 Å². The number of hydrogen-bond acceptors (Lipinski definition) is 6. The molecule has 2 N–H and O–H groups in total. The molecule has 114 valence electrons. The summed E-state index contributed by atoms with van der Waals surface area (Å²) >= 11 is 1.45. The molecule has 0 aliphatic carbocycles. The van der Waals surface area contributed by atoms with E-state index in [4.69, 9.17) is 5.11 Å². The zero-order valence-corrected chi connectivity index (χ0v) is 12.9. The molecular formula is C15H16N4O2S. The number of nitrogens with zero attached hydrogens (tertiary/aromatic N) is 3. The highest BCUT2D eigenvalue weighted by molar-refractivity contribution is 7.20. The van der Waals surface area contributed by atoms with E-state index in [1.54, 1.807) is 17.5 Å². The van der Waals surface area contributed by atoms with Gasteiger partial charge in [-0.15, -0.1) is 5.10 Å². The Labute approximate surface area is 131 Å². The van der Waals surface area contributed by atoms with Crippen LogP contribution < -0.4 is 5.32 Å². The van der Waals surface area contributed by atoms with Gasteiger partial charge < -0.3 is 10.4 Å². The Balaban J connectivity index is 1.85. The first-order chi connectivity index (χ1) is 10.7. The van der Waals surface area contributed by atoms with Crippen LogP contribution in [0.2, 0.25) is 0 Å². The summed E-state index contributed by atoms with van der Waals surface area (Å²) in [4.78, 5) is 16.8. The largest absolute Gasteiger partial charge is 0.396 e. The molecule has 0 spiro atoms. The number of benzene rings is 1. The number of carbonyl (C=O) groups is 1. The number of aliphatic hydroxyl groups is 1. The second-order valence-electron chi connectivity index (χ2n) is 4.90. The highest BCUT2D eigenvalue weighted by Gasteiger charge is 2.10. The molecule has 0 aliphatic rings. The van der Waals surface area contributed by atoms with E-state index in [0.717, 1.165) is 21.3 Å². The van der Waals surface area contributed by atoms with Crippen LogP contribution in [0.5, 0.6) is 0 Å². The van der Waals surface area contributed by atoms with E-state index in [0.29, 0.717) is 18.5 Å². The SMILES string of the molecule is CC(=O)c1cccc(-c2cn3nc(NCCCO)sc3n2)c1. The predicted molar refractivity (Wildman–Crippen MR) is 86.5 cm³/mol. The van der Waals surface area contributed by atoms with Gasteiger partial charge in [-0.1, -0.05) is 29.5 Å². The lowest BCUT2D eigenvalue weighted by atomic mass is 10.1. The summed E-state index contributed by atoms with van der Waals surface area (Å²) in [6.07, 6.45) is 2.54. The van der Waals surface area contributed by atoms with Gasteiger partial charge in [-0.25, -0.2) is 9.50 Å². The maximum atomic E-state index is 11.5. The molecule has 0 aliphatic heterocycles. The smallest absolute Gasteiger partial charge is 0.214 e. The lowest BCUT2D eigenvalue weighted by Gasteiger charge is -1.99. The minimum atomic E-state index is 0.0383. The second kappa shape index (κ2) is 6.25. The van der Waals surface area contributed by atoms with Gasteiger partial charge in [-0.3, -0.25) is 4.79 Å². The first kappa shape index (κ1) is 14.7. The van der Waals surface area contributed by atoms with Crippen molar-refractivity contribution < 1.29 is 9.90 Å². The molecule has 0 amide bonds. The topological polar surface area (TPSA) is 79.5 Å². The second-order valence-corrected chi connectivity index (χ2v) is 5.86. The summed E-state index contributed by atoms with van der Waals surface area (Å²) in [5, 5.41) is 17.1. The Morgan fingerprint density at radius 2 is 2.32 bits per heavy atom. The first-order valence-corrected chi connectivity index (χ1v) is 7.81. The van der Waals surface area contributed by atoms with Gasteiger partial charge in [0.1, 0.15) is 0 Å². The van der Waals surface area contributed by atoms with Gasteiger partial charge in [0.2, 0.25) is 10.1 Å². The third kappa shape index (κ3) is 3.00. The van der Waals surface area contributed by atoms with Crippen molar-refractivity contribution in [2.24, 2.45) is 0 Å². The average Bonchev–Trinajstić information content (AvgIpc) is 3.06. The van der Waals surface area contributed by atoms with E-state index in [2.05, 4.69) is 15.4 Å². The molecule has 0 saturated heterocycles. The molecule has 0 saturated carbocycles. The molecule has 22 heavy (non-hydrogen) atoms. The maximum Gasteiger partial charge on any atom is 0.214 e. The van der Waals surface area contributed by atoms with Gasteiger partial charge in [0.05, 0.1) is 11.9 Å². The monoisotopic (exact) mass is 316 g/mol. The van der Waals surface area contributed by atoms with Crippen molar-refractivity contribution >= 4 is 27.2 Å². The molecule has 2 heterocycles. The van der Waals surface area contributed by atoms with Gasteiger partial charge in [0.25, 0.3) is 0 Å². The summed E-state index contributed by atoms with van der Waals surface area (Å²) in [7, 11) is 0. The molecular weight excluding hydrogens is 300 g/mol. The number of aromatic nitrogens is 3. The van der Waals surface area contributed by atoms with Gasteiger partial charge in [-0.2, -0.15) is 0 Å². The third-order valence-corrected chi connectivity index (χ3v) is 4.10. The predicted octanol–water partition coefficient (Wildman–Crippen LogP) is 2.45. The Kier molecular flexibility index (Phi) is 4.17. The van der Waals surface area contributed by atoms with Crippen molar-refractivity contribution in [2.45, 2.75) is 13.3 Å². The maximum absolute atomic E-state index is 11.5. The Morgan fingerprint density at radius 3 is 3.05 bits per heavy atom. The van der Waals surface area contributed by atoms with Crippen LogP contribution in [0.15, 0.2) is 30.5 Å². The number of ketones is 1. The van der Waals surface area contributed by atoms with E-state index >= 15 is 0 Å². The number of carbonyl (C=O) groups excluding carboxylic acids is 1. The van der Waals surface area contributed by atoms with Crippen LogP contribution in [-0.2, 0) is 0 Å². The van der Waals surface area contributed by atoms with Gasteiger partial charge >= 0.3 is 0 Å². The molecule has 0 atom stereocenters. The third-order valence-electron chi connectivity index (χ3n) is 3.22. The number of Topliss-reactive ketones (excluding diaryl/α,β-unsaturated/α-hetero) is 1. The molecule has 0 unspecified atom stereocenters. The van der Waals surface area contributed by atoms with Crippen LogP contribution in [0.25, 0.3) is 16.2 Å². The lowest BCUT2D eigenvalue weighted by Crippen LogP contribution is -2.03. The van der Waals surface area contributed by atoms with Crippen LogP contribution in [-0.4, -0.2) is 38.6 Å². The molecule has 3 rings (SSSR count). The molecule has 0 fully saturated rings. The van der Waals surface area contributed by atoms with Crippen LogP contribution in [0, 0.1) is 0 Å². The lowest BCUT2D eigenvalue weighted by molar-refractivity contribution is 0.101. The summed E-state index contributed by atoms with van der Waals surface area (Å²) in [5.74, 6) is 0.0383. The van der Waals surface area contributed by atoms with Gasteiger partial charge in [0, 0.05) is 24.3 Å². The number of nitrogens with one attached hydrogen (secondary N) is 1. The molecule has 0 radical (unpaired) electrons. The summed E-state index contributed by atoms with van der Waals surface area (Å²) in [5.41, 5.74) is 2.37. The molecule has 0 bridgehead atoms. The minimum absolute atomic E-state index is 0.0383. The number of hydrogen-bond donors (Lipinski definition) is 2. The van der Waals surface area contributed by atoms with Crippen molar-refractivity contribution in [3.05, 3.63) is 36.0 Å². The molecule has 2 aromatic heterocycles. The molecule has 3 aromatic rings. The van der Waals surface area contributed by atoms with E-state index in [1.807, 2.05) is 24.4 Å². The highest BCUT2D eigenvalue weighted by atomic mass is 32.1. The van der Waals surface area contributed by atoms with Crippen LogP contribution in [0.3, 0.4) is 0 Å². The fraction of sp³-hybridized carbons (Fsp3) is 0.267. The van der Waals surface area contributed by atoms with Crippen molar-refractivity contribution in [1.82, 2.24) is 14.6 Å². The van der Waals surface area contributed by atoms with E-state index in [-0.39, 0.29) is 12.4 Å². The van der Waals surface area contributed by atoms with Crippen molar-refractivity contribution in [1.29, 1.82) is 0 Å². The normalized spacial score (nSPS) is 11.0. The number of anilines is 1. The molecule has 7 heteroatoms. The summed E-state index contributed by atoms with van der Waals surface area (Å²) < 4.78 is 1.72. The summed E-state index contributed by atoms with van der Waals surface area (Å²) in [6.45, 7) is 2.39. The Bertz CT molecular complexity index is 777. The van der Waals surface area contributed by atoms with Crippen molar-refractivity contribution in [2.75, 3.05) is 18.5 Å². The average molecular weight is 316 g/mol. The number of imidazole rings is 1. The quantitative estimate of drug-likeness (QED) is 0.539. The fourth-order valence-electron chi connectivity index (χ4n) is 2.08. The van der Waals surface area contributed by atoms with Crippen molar-refractivity contribution in [3.8, 4) is 11.3 Å². The fourth-order valence-corrected chi connectivity index (χ4v) is 2.89. The zero-order valence-electron chi connectivity index (χ0n) is 12.1. The van der Waals surface area contributed by atoms with E-state index < -0.39 is 0 Å². The number of rotatable bonds is 6. The highest BCUT2D eigenvalue weighted by Crippen LogP contribution is 2.25. The van der Waals surface area contributed by atoms with Crippen LogP contribution >= 0.6 is 11.3 Å². The van der Waals surface area contributed by atoms with Crippen LogP contribution in [0.4, 0.5) is 5.13 Å². The molecule has 1 aromatic carbocycles. The standard InChI is InChI=1S/C15H16N4O2S/c1-10(21)11-4-2-5-12(8-11)13-9-19-15(17-13)22-14(18-19)16-6-3-7-20/h2,4-5,8-9,20H,3,6-7H2,1H3,(H,16,18). The minimum Gasteiger partial charge on any atom is -0.396 e.